The van der Waals surface area contributed by atoms with Gasteiger partial charge in [-0.15, -0.1) is 5.10 Å². The van der Waals surface area contributed by atoms with Gasteiger partial charge in [-0.05, 0) is 44.6 Å². The van der Waals surface area contributed by atoms with Gasteiger partial charge in [0.15, 0.2) is 5.82 Å². The summed E-state index contributed by atoms with van der Waals surface area (Å²) >= 11 is 9.42. The number of tetrazole rings is 1. The molecule has 0 fully saturated rings. The molecule has 0 spiro atoms. The Morgan fingerprint density at radius 3 is 2.89 bits per heavy atom. The van der Waals surface area contributed by atoms with Gasteiger partial charge in [0.05, 0.1) is 17.3 Å². The van der Waals surface area contributed by atoms with E-state index in [4.69, 9.17) is 11.6 Å². The van der Waals surface area contributed by atoms with Crippen LogP contribution in [0.5, 0.6) is 0 Å². The van der Waals surface area contributed by atoms with Crippen LogP contribution in [-0.2, 0) is 6.54 Å². The van der Waals surface area contributed by atoms with Crippen LogP contribution in [0, 0.1) is 0 Å². The first kappa shape index (κ1) is 13.5. The number of aromatic nitrogens is 4. The van der Waals surface area contributed by atoms with Gasteiger partial charge in [-0.25, -0.2) is 0 Å². The summed E-state index contributed by atoms with van der Waals surface area (Å²) in [5.74, 6) is 0.752. The zero-order valence-corrected chi connectivity index (χ0v) is 12.4. The van der Waals surface area contributed by atoms with Crippen LogP contribution in [0.4, 0.5) is 0 Å². The molecule has 0 aliphatic heterocycles. The Bertz CT molecular complexity index is 540. The minimum atomic E-state index is 0.378. The Kier molecular flexibility index (Phi) is 4.31. The topological polar surface area (TPSA) is 55.6 Å². The van der Waals surface area contributed by atoms with E-state index in [9.17, 15) is 0 Å². The van der Waals surface area contributed by atoms with Gasteiger partial charge in [-0.3, -0.25) is 0 Å². The van der Waals surface area contributed by atoms with Crippen LogP contribution in [0.25, 0.3) is 5.69 Å². The second-order valence-corrected chi connectivity index (χ2v) is 5.40. The lowest BCUT2D eigenvalue weighted by Gasteiger charge is -2.08. The predicted octanol–water partition coefficient (Wildman–Crippen LogP) is 2.58. The number of hydrogen-bond donors (Lipinski definition) is 1. The van der Waals surface area contributed by atoms with E-state index in [1.165, 1.54) is 0 Å². The number of hydrogen-bond acceptors (Lipinski definition) is 4. The van der Waals surface area contributed by atoms with Crippen LogP contribution >= 0.6 is 27.5 Å². The van der Waals surface area contributed by atoms with Crippen molar-refractivity contribution < 1.29 is 0 Å². The predicted molar refractivity (Wildman–Crippen MR) is 73.8 cm³/mol. The molecule has 0 atom stereocenters. The highest BCUT2D eigenvalue weighted by atomic mass is 79.9. The maximum Gasteiger partial charge on any atom is 0.170 e. The Balaban J connectivity index is 2.27. The molecule has 1 aromatic carbocycles. The summed E-state index contributed by atoms with van der Waals surface area (Å²) in [6, 6.07) is 5.98. The lowest BCUT2D eigenvalue weighted by molar-refractivity contribution is 0.563. The molecule has 0 saturated carbocycles. The fourth-order valence-electron chi connectivity index (χ4n) is 1.43. The third kappa shape index (κ3) is 3.07. The van der Waals surface area contributed by atoms with E-state index in [-0.39, 0.29) is 0 Å². The van der Waals surface area contributed by atoms with Crippen molar-refractivity contribution in [3.8, 4) is 5.69 Å². The molecule has 96 valence electrons. The van der Waals surface area contributed by atoms with E-state index in [0.29, 0.717) is 17.6 Å². The Morgan fingerprint density at radius 1 is 1.44 bits per heavy atom. The summed E-state index contributed by atoms with van der Waals surface area (Å²) in [5, 5.41) is 15.6. The normalized spacial score (nSPS) is 11.2. The van der Waals surface area contributed by atoms with Gasteiger partial charge < -0.3 is 5.32 Å². The summed E-state index contributed by atoms with van der Waals surface area (Å²) in [6.07, 6.45) is 0. The molecular weight excluding hydrogens is 318 g/mol. The lowest BCUT2D eigenvalue weighted by atomic mass is 10.3. The third-order valence-electron chi connectivity index (χ3n) is 2.35. The number of rotatable bonds is 4. The van der Waals surface area contributed by atoms with Crippen LogP contribution in [0.1, 0.15) is 19.7 Å². The molecule has 0 saturated heterocycles. The van der Waals surface area contributed by atoms with Crippen molar-refractivity contribution in [2.75, 3.05) is 0 Å². The van der Waals surface area contributed by atoms with Crippen molar-refractivity contribution in [2.24, 2.45) is 0 Å². The molecule has 0 radical (unpaired) electrons. The number of benzene rings is 1. The monoisotopic (exact) mass is 329 g/mol. The zero-order chi connectivity index (χ0) is 13.1. The number of halogens is 2. The molecule has 1 heterocycles. The zero-order valence-electron chi connectivity index (χ0n) is 10.1. The van der Waals surface area contributed by atoms with Crippen LogP contribution in [0.2, 0.25) is 5.02 Å². The molecule has 1 aromatic heterocycles. The third-order valence-corrected chi connectivity index (χ3v) is 3.58. The van der Waals surface area contributed by atoms with Crippen LogP contribution in [-0.4, -0.2) is 26.2 Å². The molecule has 2 aromatic rings. The Hall–Kier alpha value is -0.980. The number of nitrogens with one attached hydrogen (secondary N) is 1. The Morgan fingerprint density at radius 2 is 2.22 bits per heavy atom. The average Bonchev–Trinajstić information content (AvgIpc) is 2.78. The SMILES string of the molecule is CC(C)NCc1nnnn1-c1ccc(Br)c(Cl)c1. The van der Waals surface area contributed by atoms with Gasteiger partial charge in [-0.1, -0.05) is 25.4 Å². The van der Waals surface area contributed by atoms with E-state index < -0.39 is 0 Å². The minimum absolute atomic E-state index is 0.378. The quantitative estimate of drug-likeness (QED) is 0.936. The summed E-state index contributed by atoms with van der Waals surface area (Å²) in [5.41, 5.74) is 0.841. The molecule has 0 bridgehead atoms. The van der Waals surface area contributed by atoms with Gasteiger partial charge in [0.1, 0.15) is 0 Å². The van der Waals surface area contributed by atoms with Crippen LogP contribution in [0.3, 0.4) is 0 Å². The maximum absolute atomic E-state index is 6.07. The lowest BCUT2D eigenvalue weighted by Crippen LogP contribution is -2.24. The summed E-state index contributed by atoms with van der Waals surface area (Å²) in [4.78, 5) is 0. The van der Waals surface area contributed by atoms with Crippen LogP contribution in [0.15, 0.2) is 22.7 Å². The van der Waals surface area contributed by atoms with Crippen molar-refractivity contribution in [1.82, 2.24) is 25.5 Å². The first-order valence-corrected chi connectivity index (χ1v) is 6.71. The molecule has 5 nitrogen and oxygen atoms in total. The molecule has 0 aliphatic rings. The van der Waals surface area contributed by atoms with Crippen molar-refractivity contribution in [3.63, 3.8) is 0 Å². The summed E-state index contributed by atoms with van der Waals surface area (Å²) in [6.45, 7) is 4.76. The van der Waals surface area contributed by atoms with Gasteiger partial charge in [0, 0.05) is 10.5 Å². The molecular formula is C11H13BrClN5. The summed E-state index contributed by atoms with van der Waals surface area (Å²) in [7, 11) is 0. The van der Waals surface area contributed by atoms with Crippen molar-refractivity contribution in [2.45, 2.75) is 26.4 Å². The fraction of sp³-hybridized carbons (Fsp3) is 0.364. The highest BCUT2D eigenvalue weighted by molar-refractivity contribution is 9.10. The highest BCUT2D eigenvalue weighted by Crippen LogP contribution is 2.24. The summed E-state index contributed by atoms with van der Waals surface area (Å²) < 4.78 is 2.52. The molecule has 0 amide bonds. The first-order chi connectivity index (χ1) is 8.58. The second kappa shape index (κ2) is 5.77. The molecule has 1 N–H and O–H groups in total. The largest absolute Gasteiger partial charge is 0.308 e. The smallest absolute Gasteiger partial charge is 0.170 e. The second-order valence-electron chi connectivity index (χ2n) is 4.14. The highest BCUT2D eigenvalue weighted by Gasteiger charge is 2.09. The van der Waals surface area contributed by atoms with E-state index in [1.807, 2.05) is 18.2 Å². The minimum Gasteiger partial charge on any atom is -0.308 e. The fourth-order valence-corrected chi connectivity index (χ4v) is 1.85. The Labute approximate surface area is 119 Å². The van der Waals surface area contributed by atoms with E-state index in [1.54, 1.807) is 4.68 Å². The van der Waals surface area contributed by atoms with Gasteiger partial charge >= 0.3 is 0 Å². The van der Waals surface area contributed by atoms with Crippen molar-refractivity contribution >= 4 is 27.5 Å². The van der Waals surface area contributed by atoms with E-state index >= 15 is 0 Å². The molecule has 7 heteroatoms. The molecule has 0 unspecified atom stereocenters. The van der Waals surface area contributed by atoms with Gasteiger partial charge in [-0.2, -0.15) is 4.68 Å². The molecule has 0 aliphatic carbocycles. The molecule has 18 heavy (non-hydrogen) atoms. The van der Waals surface area contributed by atoms with E-state index in [2.05, 4.69) is 50.6 Å². The molecule has 2 rings (SSSR count). The van der Waals surface area contributed by atoms with Crippen molar-refractivity contribution in [1.29, 1.82) is 0 Å². The van der Waals surface area contributed by atoms with E-state index in [0.717, 1.165) is 16.0 Å². The van der Waals surface area contributed by atoms with Crippen LogP contribution < -0.4 is 5.32 Å². The average molecular weight is 331 g/mol. The first-order valence-electron chi connectivity index (χ1n) is 5.54. The number of nitrogens with zero attached hydrogens (tertiary/aromatic N) is 4. The standard InChI is InChI=1S/C11H13BrClN5/c1-7(2)14-6-11-15-16-17-18(11)8-3-4-9(12)10(13)5-8/h3-5,7,14H,6H2,1-2H3. The van der Waals surface area contributed by atoms with Crippen molar-refractivity contribution in [3.05, 3.63) is 33.5 Å². The van der Waals surface area contributed by atoms with Gasteiger partial charge in [0.2, 0.25) is 0 Å². The van der Waals surface area contributed by atoms with Gasteiger partial charge in [0.25, 0.3) is 0 Å². The maximum atomic E-state index is 6.07.